The normalized spacial score (nSPS) is 13.5. The molecule has 0 unspecified atom stereocenters. The maximum atomic E-state index is 15.1. The molecule has 0 aliphatic rings. The molecular weight excluding hydrogens is 1770 g/mol. The van der Waals surface area contributed by atoms with E-state index in [-0.39, 0.29) is 161 Å². The molecule has 138 heavy (non-hydrogen) atoms. The largest absolute Gasteiger partial charge is 0.377 e. The first-order chi connectivity index (χ1) is 66.6. The molecule has 0 aromatic heterocycles. The van der Waals surface area contributed by atoms with Gasteiger partial charge in [-0.15, -0.1) is 0 Å². The molecule has 0 saturated heterocycles. The van der Waals surface area contributed by atoms with E-state index in [2.05, 4.69) is 81.4 Å². The van der Waals surface area contributed by atoms with E-state index in [1.807, 2.05) is 0 Å². The lowest BCUT2D eigenvalue weighted by Crippen LogP contribution is -2.60. The van der Waals surface area contributed by atoms with E-state index in [0.29, 0.717) is 99.6 Å². The number of guanidine groups is 2. The van der Waals surface area contributed by atoms with Crippen molar-refractivity contribution >= 4 is 88.7 Å². The highest BCUT2D eigenvalue weighted by Crippen LogP contribution is 2.18. The predicted octanol–water partition coefficient (Wildman–Crippen LogP) is 2.49. The van der Waals surface area contributed by atoms with Crippen molar-refractivity contribution in [2.45, 2.75) is 299 Å². The number of hydrogen-bond donors (Lipinski definition) is 23. The van der Waals surface area contributed by atoms with E-state index in [1.165, 1.54) is 71.1 Å². The summed E-state index contributed by atoms with van der Waals surface area (Å²) < 4.78 is 16.8. The zero-order chi connectivity index (χ0) is 101. The zero-order valence-corrected chi connectivity index (χ0v) is 81.2. The summed E-state index contributed by atoms with van der Waals surface area (Å²) in [6.07, 6.45) is 20.8. The number of ether oxygens (including phenoxy) is 3. The fourth-order valence-electron chi connectivity index (χ4n) is 15.2. The van der Waals surface area contributed by atoms with Crippen molar-refractivity contribution in [2.24, 2.45) is 40.1 Å². The lowest BCUT2D eigenvalue weighted by Gasteiger charge is -2.28. The molecule has 4 rings (SSSR count). The zero-order valence-electron chi connectivity index (χ0n) is 81.2. The van der Waals surface area contributed by atoms with E-state index < -0.39 is 137 Å². The Hall–Kier alpha value is -11.7. The molecular formula is C99H161N23O16. The lowest BCUT2D eigenvalue weighted by atomic mass is 10.0. The first-order valence-corrected chi connectivity index (χ1v) is 49.4. The van der Waals surface area contributed by atoms with E-state index in [0.717, 1.165) is 19.3 Å². The number of primary amides is 1. The highest BCUT2D eigenvalue weighted by atomic mass is 16.5. The summed E-state index contributed by atoms with van der Waals surface area (Å²) in [4.78, 5) is 183. The Bertz CT molecular complexity index is 4190. The summed E-state index contributed by atoms with van der Waals surface area (Å²) >= 11 is 0. The van der Waals surface area contributed by atoms with E-state index in [4.69, 9.17) is 65.2 Å². The van der Waals surface area contributed by atoms with Crippen molar-refractivity contribution in [3.05, 3.63) is 144 Å². The van der Waals surface area contributed by atoms with E-state index in [1.54, 1.807) is 121 Å². The van der Waals surface area contributed by atoms with Crippen molar-refractivity contribution < 1.29 is 76.5 Å². The molecule has 0 aliphatic heterocycles. The summed E-state index contributed by atoms with van der Waals surface area (Å²) in [7, 11) is 0. The number of carbonyl (C=O) groups is 13. The van der Waals surface area contributed by atoms with Gasteiger partial charge >= 0.3 is 0 Å². The van der Waals surface area contributed by atoms with Crippen molar-refractivity contribution in [2.75, 3.05) is 85.5 Å². The molecule has 30 N–H and O–H groups in total. The fourth-order valence-corrected chi connectivity index (χ4v) is 15.2. The van der Waals surface area contributed by atoms with Crippen LogP contribution >= 0.6 is 0 Å². The number of nitrogens with two attached hydrogens (primary N) is 7. The minimum absolute atomic E-state index is 0.00744. The van der Waals surface area contributed by atoms with Crippen LogP contribution in [0.5, 0.6) is 0 Å². The quantitative estimate of drug-likeness (QED) is 0.0171. The molecule has 0 heterocycles. The molecule has 0 aliphatic carbocycles. The molecule has 39 nitrogen and oxygen atoms in total. The van der Waals surface area contributed by atoms with Crippen molar-refractivity contribution in [3.8, 4) is 0 Å². The first-order valence-electron chi connectivity index (χ1n) is 49.4. The van der Waals surface area contributed by atoms with Crippen LogP contribution in [0.4, 0.5) is 0 Å². The van der Waals surface area contributed by atoms with Crippen LogP contribution in [-0.4, -0.2) is 241 Å². The van der Waals surface area contributed by atoms with Gasteiger partial charge in [0.25, 0.3) is 0 Å². The maximum Gasteiger partial charge on any atom is 0.246 e. The van der Waals surface area contributed by atoms with Gasteiger partial charge < -0.3 is 129 Å². The van der Waals surface area contributed by atoms with Gasteiger partial charge in [-0.05, 0) is 152 Å². The Morgan fingerprint density at radius 3 is 0.993 bits per heavy atom. The first kappa shape index (κ1) is 119. The van der Waals surface area contributed by atoms with Gasteiger partial charge in [0.15, 0.2) is 11.9 Å². The average Bonchev–Trinajstić information content (AvgIpc) is 0.835. The number of amides is 13. The molecule has 0 saturated carbocycles. The van der Waals surface area contributed by atoms with Crippen LogP contribution in [0, 0.1) is 10.8 Å². The smallest absolute Gasteiger partial charge is 0.246 e. The predicted molar refractivity (Wildman–Crippen MR) is 532 cm³/mol. The topological polar surface area (TPSA) is 648 Å². The number of unbranched alkanes of at least 4 members (excludes halogenated alkanes) is 16. The van der Waals surface area contributed by atoms with Crippen LogP contribution in [-0.2, 0) is 102 Å². The second kappa shape index (κ2) is 73.5. The van der Waals surface area contributed by atoms with Crippen LogP contribution in [0.1, 0.15) is 229 Å². The van der Waals surface area contributed by atoms with Gasteiger partial charge in [0, 0.05) is 58.3 Å². The lowest BCUT2D eigenvalue weighted by molar-refractivity contribution is -0.136. The van der Waals surface area contributed by atoms with Crippen LogP contribution in [0.3, 0.4) is 0 Å². The van der Waals surface area contributed by atoms with E-state index in [9.17, 15) is 47.9 Å². The van der Waals surface area contributed by atoms with Crippen LogP contribution in [0.15, 0.2) is 121 Å². The molecule has 4 aromatic carbocycles. The molecule has 4 aromatic rings. The Morgan fingerprint density at radius 2 is 0.601 bits per heavy atom. The Labute approximate surface area is 814 Å². The number of nitrogens with one attached hydrogen (secondary N) is 16. The van der Waals surface area contributed by atoms with Gasteiger partial charge in [-0.1, -0.05) is 212 Å². The van der Waals surface area contributed by atoms with Crippen LogP contribution < -0.4 is 115 Å². The molecule has 13 amide bonds. The highest BCUT2D eigenvalue weighted by molar-refractivity contribution is 5.99. The number of rotatable bonds is 79. The van der Waals surface area contributed by atoms with Gasteiger partial charge in [-0.3, -0.25) is 73.1 Å². The second-order valence-electron chi connectivity index (χ2n) is 34.8. The highest BCUT2D eigenvalue weighted by Gasteiger charge is 2.37. The fraction of sp³-hybridized carbons (Fsp3) is 0.606. The molecule has 11 atom stereocenters. The van der Waals surface area contributed by atoms with Crippen LogP contribution in [0.2, 0.25) is 0 Å². The molecule has 39 heteroatoms. The van der Waals surface area contributed by atoms with Crippen molar-refractivity contribution in [1.82, 2.24) is 74.4 Å². The molecule has 0 fully saturated rings. The summed E-state index contributed by atoms with van der Waals surface area (Å²) in [5.41, 5.74) is 43.2. The third-order valence-corrected chi connectivity index (χ3v) is 23.1. The van der Waals surface area contributed by atoms with Gasteiger partial charge in [-0.25, -0.2) is 0 Å². The molecule has 768 valence electrons. The Balaban J connectivity index is 1.43. The number of carbonyl (C=O) groups excluding carboxylic acids is 13. The van der Waals surface area contributed by atoms with Crippen molar-refractivity contribution in [3.63, 3.8) is 0 Å². The molecule has 0 spiro atoms. The molecule has 0 radical (unpaired) electrons. The Kier molecular flexibility index (Phi) is 63.1. The summed E-state index contributed by atoms with van der Waals surface area (Å²) in [6, 6.07) is 21.2. The number of hydrogen-bond acceptors (Lipinski definition) is 22. The van der Waals surface area contributed by atoms with Crippen molar-refractivity contribution in [1.29, 1.82) is 10.8 Å². The van der Waals surface area contributed by atoms with Gasteiger partial charge in [0.05, 0.1) is 39.1 Å². The second-order valence-corrected chi connectivity index (χ2v) is 34.8. The summed E-state index contributed by atoms with van der Waals surface area (Å²) in [5, 5.41) is 54.3. The standard InChI is InChI=1S/C99H161N23O16/c1-3-4-5-6-7-8-9-10-11-12-13-14-27-52-85(123)109-56-35-31-47-76(87(104)125)114-86(124)69-138-64-63-137-62-61-136-60-59-110-90(128)81(65-71-38-19-15-20-39-71)121-97(135)84(68-74-44-25-18-26-45-74)122-94(132)80(51-37-58-112-99(107)108)116-92(130)78(49-30-34-55-102)117-95(133)82(66-72-40-21-16-22-41-72)119-88(126)70(2)113-91(129)77(48-29-33-54-101)115-93(131)79(50-36-57-111-98(105)106)118-96(134)83(67-73-42-23-17-24-43-73)120-89(127)75(103)46-28-32-53-100/h15-26,38-45,70,75-84H,3-14,27-37,46-69,100-103H2,1-2H3,(H2,104,125)(H,109,123)(H,110,128)(H,113,129)(H,114,124)(H,115,131)(H,116,130)(H,117,133)(H,118,134)(H,119,126)(H,120,127)(H,121,135)(H,122,132)(H4,105,106,111)(H4,107,108,112)/t70-,75-,76-,77-,78-,79-,80-,81-,82-,83-,84-/m0/s1. The van der Waals surface area contributed by atoms with Gasteiger partial charge in [0.1, 0.15) is 67.0 Å². The number of benzene rings is 4. The Morgan fingerprint density at radius 1 is 0.290 bits per heavy atom. The average molecular weight is 1930 g/mol. The van der Waals surface area contributed by atoms with Gasteiger partial charge in [-0.2, -0.15) is 0 Å². The monoisotopic (exact) mass is 1930 g/mol. The van der Waals surface area contributed by atoms with Crippen LogP contribution in [0.25, 0.3) is 0 Å². The van der Waals surface area contributed by atoms with E-state index >= 15 is 14.4 Å². The summed E-state index contributed by atoms with van der Waals surface area (Å²) in [6.45, 7) is 5.20. The molecule has 0 bridgehead atoms. The maximum absolute atomic E-state index is 15.1. The SMILES string of the molecule is CCCCCCCCCCCCCCCC(=O)NCCCC[C@H](NC(=O)COCCOCCOCCNC(=O)[C@H](Cc1ccccc1)NC(=O)[C@H](Cc1ccccc1)NC(=O)[C@H](CCCNC(=N)N)NC(=O)[C@H](CCCCN)NC(=O)[C@H](Cc1ccccc1)NC(=O)[C@H](C)NC(=O)[C@H](CCCCN)NC(=O)[C@H](CCCNC(=N)N)NC(=O)[C@H](Cc1ccccc1)NC(=O)[C@@H](N)CCCCN)C(N)=O. The minimum atomic E-state index is -1.43. The summed E-state index contributed by atoms with van der Waals surface area (Å²) in [5.74, 6) is -9.56. The minimum Gasteiger partial charge on any atom is -0.377 e. The third-order valence-electron chi connectivity index (χ3n) is 23.1. The van der Waals surface area contributed by atoms with Gasteiger partial charge in [0.2, 0.25) is 76.8 Å². The third kappa shape index (κ3) is 54.4.